The monoisotopic (exact) mass is 527 g/mol. The molecule has 0 spiro atoms. The molecule has 0 aliphatic carbocycles. The van der Waals surface area contributed by atoms with Crippen LogP contribution in [0.15, 0.2) is 76.3 Å². The van der Waals surface area contributed by atoms with Gasteiger partial charge in [0, 0.05) is 10.0 Å². The maximum absolute atomic E-state index is 13.2. The van der Waals surface area contributed by atoms with Crippen molar-refractivity contribution in [3.63, 3.8) is 0 Å². The van der Waals surface area contributed by atoms with Gasteiger partial charge in [-0.15, -0.1) is 0 Å². The van der Waals surface area contributed by atoms with Crippen molar-refractivity contribution in [1.82, 2.24) is 10.7 Å². The lowest BCUT2D eigenvalue weighted by atomic mass is 10.2. The molecule has 2 amide bonds. The topological polar surface area (TPSA) is 106 Å². The average molecular weight is 528 g/mol. The van der Waals surface area contributed by atoms with Crippen molar-refractivity contribution in [2.45, 2.75) is 0 Å². The fourth-order valence-corrected chi connectivity index (χ4v) is 2.97. The maximum atomic E-state index is 13.2. The third-order valence-electron chi connectivity index (χ3n) is 4.37. The molecule has 34 heavy (non-hydrogen) atoms. The molecule has 2 N–H and O–H groups in total. The van der Waals surface area contributed by atoms with Gasteiger partial charge in [0.2, 0.25) is 0 Å². The molecule has 0 unspecified atom stereocenters. The molecule has 0 atom stereocenters. The van der Waals surface area contributed by atoms with E-state index in [1.54, 1.807) is 36.4 Å². The first-order valence-corrected chi connectivity index (χ1v) is 10.7. The van der Waals surface area contributed by atoms with Gasteiger partial charge in [0.05, 0.1) is 25.4 Å². The Hall–Kier alpha value is -4.05. The van der Waals surface area contributed by atoms with E-state index in [1.807, 2.05) is 0 Å². The summed E-state index contributed by atoms with van der Waals surface area (Å²) in [6, 6.07) is 16.6. The zero-order valence-electron chi connectivity index (χ0n) is 17.9. The average Bonchev–Trinajstić information content (AvgIpc) is 2.83. The summed E-state index contributed by atoms with van der Waals surface area (Å²) in [7, 11) is 1.43. The van der Waals surface area contributed by atoms with E-state index in [2.05, 4.69) is 31.8 Å². The van der Waals surface area contributed by atoms with Crippen LogP contribution < -0.4 is 20.2 Å². The first-order chi connectivity index (χ1) is 16.4. The second-order valence-corrected chi connectivity index (χ2v) is 7.71. The molecule has 0 aliphatic rings. The Morgan fingerprint density at radius 1 is 1.00 bits per heavy atom. The van der Waals surface area contributed by atoms with Crippen LogP contribution in [-0.2, 0) is 4.79 Å². The van der Waals surface area contributed by atoms with E-state index in [4.69, 9.17) is 9.47 Å². The van der Waals surface area contributed by atoms with Crippen LogP contribution in [0.3, 0.4) is 0 Å². The number of hydrazone groups is 1. The first-order valence-electron chi connectivity index (χ1n) is 9.87. The Bertz CT molecular complexity index is 1230. The smallest absolute Gasteiger partial charge is 0.343 e. The number of nitrogens with zero attached hydrogens (tertiary/aromatic N) is 1. The summed E-state index contributed by atoms with van der Waals surface area (Å²) in [5.41, 5.74) is 3.31. The van der Waals surface area contributed by atoms with Crippen molar-refractivity contribution < 1.29 is 28.2 Å². The SMILES string of the molecule is COc1cc(C=NNC(=O)CNC(=O)c2cccc(F)c2)ccc1OC(=O)c1ccc(Br)cc1. The number of amides is 2. The normalized spacial score (nSPS) is 10.6. The minimum Gasteiger partial charge on any atom is -0.493 e. The highest BCUT2D eigenvalue weighted by Gasteiger charge is 2.13. The second kappa shape index (κ2) is 11.7. The number of ether oxygens (including phenoxy) is 2. The Morgan fingerprint density at radius 2 is 1.76 bits per heavy atom. The molecule has 3 rings (SSSR count). The fourth-order valence-electron chi connectivity index (χ4n) is 2.70. The van der Waals surface area contributed by atoms with Gasteiger partial charge in [-0.3, -0.25) is 9.59 Å². The zero-order valence-corrected chi connectivity index (χ0v) is 19.5. The Morgan fingerprint density at radius 3 is 2.47 bits per heavy atom. The minimum absolute atomic E-state index is 0.101. The number of carbonyl (C=O) groups excluding carboxylic acids is 3. The first kappa shape index (κ1) is 24.6. The van der Waals surface area contributed by atoms with Crippen molar-refractivity contribution in [3.05, 3.63) is 93.7 Å². The van der Waals surface area contributed by atoms with E-state index in [1.165, 1.54) is 37.6 Å². The highest BCUT2D eigenvalue weighted by Crippen LogP contribution is 2.28. The third kappa shape index (κ3) is 6.97. The summed E-state index contributed by atoms with van der Waals surface area (Å²) < 4.78 is 24.7. The number of esters is 1. The van der Waals surface area contributed by atoms with Crippen molar-refractivity contribution in [3.8, 4) is 11.5 Å². The van der Waals surface area contributed by atoms with E-state index >= 15 is 0 Å². The number of carbonyl (C=O) groups is 3. The summed E-state index contributed by atoms with van der Waals surface area (Å²) in [4.78, 5) is 36.2. The van der Waals surface area contributed by atoms with Gasteiger partial charge in [0.25, 0.3) is 11.8 Å². The van der Waals surface area contributed by atoms with E-state index in [-0.39, 0.29) is 17.9 Å². The minimum atomic E-state index is -0.586. The van der Waals surface area contributed by atoms with Crippen molar-refractivity contribution >= 4 is 39.9 Å². The van der Waals surface area contributed by atoms with Crippen LogP contribution in [0.1, 0.15) is 26.3 Å². The van der Waals surface area contributed by atoms with Crippen LogP contribution in [0.4, 0.5) is 4.39 Å². The molecule has 174 valence electrons. The molecule has 0 aromatic heterocycles. The van der Waals surface area contributed by atoms with Crippen LogP contribution in [0.2, 0.25) is 0 Å². The third-order valence-corrected chi connectivity index (χ3v) is 4.90. The molecule has 3 aromatic rings. The van der Waals surface area contributed by atoms with Gasteiger partial charge in [-0.05, 0) is 66.2 Å². The molecule has 8 nitrogen and oxygen atoms in total. The van der Waals surface area contributed by atoms with Gasteiger partial charge in [-0.1, -0.05) is 22.0 Å². The largest absolute Gasteiger partial charge is 0.493 e. The van der Waals surface area contributed by atoms with Gasteiger partial charge in [-0.2, -0.15) is 5.10 Å². The highest BCUT2D eigenvalue weighted by atomic mass is 79.9. The number of hydrogen-bond acceptors (Lipinski definition) is 6. The molecule has 0 radical (unpaired) electrons. The van der Waals surface area contributed by atoms with Gasteiger partial charge in [0.15, 0.2) is 11.5 Å². The number of nitrogens with one attached hydrogen (secondary N) is 2. The molecule has 0 saturated carbocycles. The molecule has 0 saturated heterocycles. The Kier molecular flexibility index (Phi) is 8.47. The molecule has 3 aromatic carbocycles. The van der Waals surface area contributed by atoms with Crippen LogP contribution in [0.25, 0.3) is 0 Å². The molecule has 10 heteroatoms. The van der Waals surface area contributed by atoms with E-state index < -0.39 is 23.6 Å². The van der Waals surface area contributed by atoms with Gasteiger partial charge in [-0.25, -0.2) is 14.6 Å². The maximum Gasteiger partial charge on any atom is 0.343 e. The number of benzene rings is 3. The van der Waals surface area contributed by atoms with Gasteiger partial charge in [0.1, 0.15) is 5.82 Å². The standard InChI is InChI=1S/C24H19BrFN3O5/c1-33-21-11-15(5-10-20(21)34-24(32)16-6-8-18(25)9-7-16)13-28-29-22(30)14-27-23(31)17-3-2-4-19(26)12-17/h2-13H,14H2,1H3,(H,27,31)(H,29,30). The Balaban J connectivity index is 1.54. The Labute approximate surface area is 202 Å². The van der Waals surface area contributed by atoms with E-state index in [0.29, 0.717) is 16.9 Å². The molecule has 0 aliphatic heterocycles. The number of rotatable bonds is 8. The zero-order chi connectivity index (χ0) is 24.5. The van der Waals surface area contributed by atoms with Crippen LogP contribution >= 0.6 is 15.9 Å². The van der Waals surface area contributed by atoms with Crippen LogP contribution in [0, 0.1) is 5.82 Å². The molecule has 0 fully saturated rings. The summed E-state index contributed by atoms with van der Waals surface area (Å²) in [5.74, 6) is -1.74. The summed E-state index contributed by atoms with van der Waals surface area (Å²) in [5, 5.41) is 6.20. The fraction of sp³-hybridized carbons (Fsp3) is 0.0833. The number of hydrogen-bond donors (Lipinski definition) is 2. The highest BCUT2D eigenvalue weighted by molar-refractivity contribution is 9.10. The van der Waals surface area contributed by atoms with Gasteiger partial charge < -0.3 is 14.8 Å². The van der Waals surface area contributed by atoms with Crippen LogP contribution in [-0.4, -0.2) is 37.7 Å². The van der Waals surface area contributed by atoms with Gasteiger partial charge >= 0.3 is 5.97 Å². The summed E-state index contributed by atoms with van der Waals surface area (Å²) in [6.45, 7) is -0.346. The van der Waals surface area contributed by atoms with Crippen molar-refractivity contribution in [1.29, 1.82) is 0 Å². The van der Waals surface area contributed by atoms with Crippen LogP contribution in [0.5, 0.6) is 11.5 Å². The number of methoxy groups -OCH3 is 1. The second-order valence-electron chi connectivity index (χ2n) is 6.79. The van der Waals surface area contributed by atoms with Crippen molar-refractivity contribution in [2.75, 3.05) is 13.7 Å². The lowest BCUT2D eigenvalue weighted by Gasteiger charge is -2.10. The molecular weight excluding hydrogens is 509 g/mol. The lowest BCUT2D eigenvalue weighted by Crippen LogP contribution is -2.34. The number of halogens is 2. The molecule has 0 bridgehead atoms. The molecule has 0 heterocycles. The predicted molar refractivity (Wildman–Crippen MR) is 127 cm³/mol. The summed E-state index contributed by atoms with van der Waals surface area (Å²) in [6.07, 6.45) is 1.36. The van der Waals surface area contributed by atoms with Crippen molar-refractivity contribution in [2.24, 2.45) is 5.10 Å². The predicted octanol–water partition coefficient (Wildman–Crippen LogP) is 3.70. The lowest BCUT2D eigenvalue weighted by molar-refractivity contribution is -0.120. The van der Waals surface area contributed by atoms with E-state index in [0.717, 1.165) is 10.5 Å². The molecular formula is C24H19BrFN3O5. The van der Waals surface area contributed by atoms with E-state index in [9.17, 15) is 18.8 Å². The summed E-state index contributed by atoms with van der Waals surface area (Å²) >= 11 is 3.31. The quantitative estimate of drug-likeness (QED) is 0.201.